The summed E-state index contributed by atoms with van der Waals surface area (Å²) in [4.78, 5) is 33.3. The molecule has 0 aliphatic heterocycles. The Bertz CT molecular complexity index is 469. The molecule has 6 nitrogen and oxygen atoms in total. The molecule has 0 aliphatic rings. The van der Waals surface area contributed by atoms with Crippen molar-refractivity contribution < 1.29 is 23.9 Å². The summed E-state index contributed by atoms with van der Waals surface area (Å²) in [5, 5.41) is 0. The molecule has 0 unspecified atom stereocenters. The number of carbonyl (C=O) groups excluding carboxylic acids is 3. The average molecular weight is 251 g/mol. The Hall–Kier alpha value is -2.37. The zero-order valence-electron chi connectivity index (χ0n) is 9.84. The Labute approximate surface area is 104 Å². The van der Waals surface area contributed by atoms with E-state index in [4.69, 9.17) is 5.73 Å². The van der Waals surface area contributed by atoms with E-state index in [1.54, 1.807) is 19.1 Å². The summed E-state index contributed by atoms with van der Waals surface area (Å²) >= 11 is 0. The van der Waals surface area contributed by atoms with Gasteiger partial charge in [-0.3, -0.25) is 4.79 Å². The number of ketones is 1. The van der Waals surface area contributed by atoms with Gasteiger partial charge >= 0.3 is 12.1 Å². The van der Waals surface area contributed by atoms with Gasteiger partial charge in [-0.1, -0.05) is 18.2 Å². The lowest BCUT2D eigenvalue weighted by atomic mass is 10.1. The molecule has 0 bridgehead atoms. The average Bonchev–Trinajstić information content (AvgIpc) is 2.36. The molecule has 96 valence electrons. The van der Waals surface area contributed by atoms with Crippen LogP contribution in [-0.2, 0) is 20.9 Å². The number of nitrogens with two attached hydrogens (primary N) is 1. The molecule has 2 N–H and O–H groups in total. The minimum absolute atomic E-state index is 0.0563. The van der Waals surface area contributed by atoms with Crippen LogP contribution in [0.3, 0.4) is 0 Å². The number of hydrogen-bond acceptors (Lipinski definition) is 5. The molecule has 0 spiro atoms. The molecular weight excluding hydrogens is 238 g/mol. The number of benzene rings is 1. The van der Waals surface area contributed by atoms with Gasteiger partial charge in [0.1, 0.15) is 6.61 Å². The first-order valence-electron chi connectivity index (χ1n) is 5.27. The fraction of sp³-hybridized carbons (Fsp3) is 0.250. The summed E-state index contributed by atoms with van der Waals surface area (Å²) in [5.74, 6) is -1.65. The molecule has 6 heteroatoms. The Balaban J connectivity index is 2.78. The van der Waals surface area contributed by atoms with Gasteiger partial charge in [0.25, 0.3) is 5.78 Å². The number of hydrogen-bond donors (Lipinski definition) is 1. The number of rotatable bonds is 5. The van der Waals surface area contributed by atoms with E-state index in [1.807, 2.05) is 0 Å². The van der Waals surface area contributed by atoms with Crippen LogP contribution in [0.5, 0.6) is 0 Å². The first-order chi connectivity index (χ1) is 8.54. The molecule has 0 fully saturated rings. The van der Waals surface area contributed by atoms with Crippen LogP contribution in [0.4, 0.5) is 4.79 Å². The molecule has 0 atom stereocenters. The third-order valence-corrected chi connectivity index (χ3v) is 2.03. The van der Waals surface area contributed by atoms with E-state index in [9.17, 15) is 14.4 Å². The SMILES string of the molecule is CCOC(=O)C(=O)c1cccc(COC(N)=O)c1. The smallest absolute Gasteiger partial charge is 0.404 e. The van der Waals surface area contributed by atoms with E-state index in [0.29, 0.717) is 5.56 Å². The number of esters is 1. The van der Waals surface area contributed by atoms with E-state index in [0.717, 1.165) is 0 Å². The standard InChI is InChI=1S/C12H13NO5/c1-2-17-11(15)10(14)9-5-3-4-8(6-9)7-18-12(13)16/h3-6H,2,7H2,1H3,(H2,13,16). The van der Waals surface area contributed by atoms with E-state index in [1.165, 1.54) is 12.1 Å². The van der Waals surface area contributed by atoms with Crippen molar-refractivity contribution in [2.45, 2.75) is 13.5 Å². The third-order valence-electron chi connectivity index (χ3n) is 2.03. The molecule has 0 radical (unpaired) electrons. The maximum Gasteiger partial charge on any atom is 0.404 e. The van der Waals surface area contributed by atoms with Gasteiger partial charge in [0, 0.05) is 5.56 Å². The molecule has 0 saturated carbocycles. The lowest BCUT2D eigenvalue weighted by Crippen LogP contribution is -2.18. The topological polar surface area (TPSA) is 95.7 Å². The van der Waals surface area contributed by atoms with Gasteiger partial charge < -0.3 is 15.2 Å². The molecule has 1 aromatic carbocycles. The molecule has 1 aromatic rings. The van der Waals surface area contributed by atoms with Crippen LogP contribution in [-0.4, -0.2) is 24.5 Å². The highest BCUT2D eigenvalue weighted by atomic mass is 16.5. The number of amides is 1. The second-order valence-corrected chi connectivity index (χ2v) is 3.36. The van der Waals surface area contributed by atoms with Crippen LogP contribution in [0.25, 0.3) is 0 Å². The van der Waals surface area contributed by atoms with Crippen LogP contribution in [0.1, 0.15) is 22.8 Å². The summed E-state index contributed by atoms with van der Waals surface area (Å²) in [6.07, 6.45) is -0.905. The molecule has 0 aliphatic carbocycles. The van der Waals surface area contributed by atoms with Crippen LogP contribution in [0.15, 0.2) is 24.3 Å². The van der Waals surface area contributed by atoms with Gasteiger partial charge in [0.2, 0.25) is 0 Å². The fourth-order valence-corrected chi connectivity index (χ4v) is 1.27. The molecular formula is C12H13NO5. The molecule has 1 amide bonds. The first kappa shape index (κ1) is 13.7. The van der Waals surface area contributed by atoms with Crippen molar-refractivity contribution in [3.63, 3.8) is 0 Å². The van der Waals surface area contributed by atoms with Crippen LogP contribution >= 0.6 is 0 Å². The predicted octanol–water partition coefficient (Wildman–Crippen LogP) is 1.03. The zero-order valence-corrected chi connectivity index (χ0v) is 9.84. The Morgan fingerprint density at radius 3 is 2.56 bits per heavy atom. The Morgan fingerprint density at radius 1 is 1.22 bits per heavy atom. The maximum absolute atomic E-state index is 11.6. The van der Waals surface area contributed by atoms with E-state index >= 15 is 0 Å². The van der Waals surface area contributed by atoms with Crippen molar-refractivity contribution in [3.8, 4) is 0 Å². The summed E-state index contributed by atoms with van der Waals surface area (Å²) < 4.78 is 9.18. The van der Waals surface area contributed by atoms with E-state index < -0.39 is 17.8 Å². The van der Waals surface area contributed by atoms with Crippen LogP contribution < -0.4 is 5.73 Å². The van der Waals surface area contributed by atoms with Crippen molar-refractivity contribution >= 4 is 17.8 Å². The fourth-order valence-electron chi connectivity index (χ4n) is 1.27. The van der Waals surface area contributed by atoms with Crippen molar-refractivity contribution in [2.75, 3.05) is 6.61 Å². The lowest BCUT2D eigenvalue weighted by molar-refractivity contribution is -0.137. The highest BCUT2D eigenvalue weighted by Crippen LogP contribution is 2.08. The Morgan fingerprint density at radius 2 is 1.94 bits per heavy atom. The summed E-state index contributed by atoms with van der Waals surface area (Å²) in [7, 11) is 0. The van der Waals surface area contributed by atoms with Crippen LogP contribution in [0, 0.1) is 0 Å². The summed E-state index contributed by atoms with van der Waals surface area (Å²) in [6, 6.07) is 6.15. The van der Waals surface area contributed by atoms with Crippen LogP contribution in [0.2, 0.25) is 0 Å². The number of carbonyl (C=O) groups is 3. The minimum atomic E-state index is -0.912. The zero-order chi connectivity index (χ0) is 13.5. The lowest BCUT2D eigenvalue weighted by Gasteiger charge is -2.04. The minimum Gasteiger partial charge on any atom is -0.460 e. The number of primary amides is 1. The molecule has 0 heterocycles. The highest BCUT2D eigenvalue weighted by Gasteiger charge is 2.17. The van der Waals surface area contributed by atoms with Gasteiger partial charge in [-0.25, -0.2) is 9.59 Å². The first-order valence-corrected chi connectivity index (χ1v) is 5.27. The molecule has 1 rings (SSSR count). The largest absolute Gasteiger partial charge is 0.460 e. The number of ether oxygens (including phenoxy) is 2. The summed E-state index contributed by atoms with van der Waals surface area (Å²) in [6.45, 7) is 1.69. The number of Topliss-reactive ketones (excluding diaryl/α,β-unsaturated/α-hetero) is 1. The highest BCUT2D eigenvalue weighted by molar-refractivity contribution is 6.40. The van der Waals surface area contributed by atoms with E-state index in [-0.39, 0.29) is 18.8 Å². The normalized spacial score (nSPS) is 9.61. The van der Waals surface area contributed by atoms with Gasteiger partial charge in [0.15, 0.2) is 0 Å². The maximum atomic E-state index is 11.6. The molecule has 18 heavy (non-hydrogen) atoms. The van der Waals surface area contributed by atoms with Gasteiger partial charge in [-0.15, -0.1) is 0 Å². The van der Waals surface area contributed by atoms with Crippen molar-refractivity contribution in [1.82, 2.24) is 0 Å². The monoisotopic (exact) mass is 251 g/mol. The predicted molar refractivity (Wildman–Crippen MR) is 61.8 cm³/mol. The second-order valence-electron chi connectivity index (χ2n) is 3.36. The van der Waals surface area contributed by atoms with Gasteiger partial charge in [-0.2, -0.15) is 0 Å². The third kappa shape index (κ3) is 3.89. The second kappa shape index (κ2) is 6.39. The van der Waals surface area contributed by atoms with Crippen molar-refractivity contribution in [2.24, 2.45) is 5.73 Å². The van der Waals surface area contributed by atoms with Gasteiger partial charge in [0.05, 0.1) is 6.61 Å². The Kier molecular flexibility index (Phi) is 4.86. The molecule has 0 saturated heterocycles. The van der Waals surface area contributed by atoms with E-state index in [2.05, 4.69) is 9.47 Å². The van der Waals surface area contributed by atoms with Crippen molar-refractivity contribution in [1.29, 1.82) is 0 Å². The summed E-state index contributed by atoms with van der Waals surface area (Å²) in [5.41, 5.74) is 5.56. The quantitative estimate of drug-likeness (QED) is 0.479. The van der Waals surface area contributed by atoms with Gasteiger partial charge in [-0.05, 0) is 18.6 Å². The van der Waals surface area contributed by atoms with Crippen molar-refractivity contribution in [3.05, 3.63) is 35.4 Å². The molecule has 0 aromatic heterocycles.